The fourth-order valence-corrected chi connectivity index (χ4v) is 2.82. The van der Waals surface area contributed by atoms with Gasteiger partial charge in [-0.05, 0) is 43.2 Å². The molecule has 0 heterocycles. The third-order valence-corrected chi connectivity index (χ3v) is 4.47. The van der Waals surface area contributed by atoms with Crippen molar-refractivity contribution in [3.05, 3.63) is 95.1 Å². The molecule has 0 aliphatic heterocycles. The molecule has 0 saturated carbocycles. The highest BCUT2D eigenvalue weighted by molar-refractivity contribution is 6.04. The lowest BCUT2D eigenvalue weighted by Gasteiger charge is -2.13. The summed E-state index contributed by atoms with van der Waals surface area (Å²) in [5, 5.41) is 5.65. The molecule has 0 aliphatic carbocycles. The van der Waals surface area contributed by atoms with Crippen LogP contribution in [0.3, 0.4) is 0 Å². The molecule has 3 aromatic rings. The van der Waals surface area contributed by atoms with Crippen LogP contribution in [-0.2, 0) is 11.3 Å². The minimum atomic E-state index is -0.327. The Bertz CT molecular complexity index is 997. The van der Waals surface area contributed by atoms with Crippen molar-refractivity contribution in [3.63, 3.8) is 0 Å². The van der Waals surface area contributed by atoms with E-state index in [0.717, 1.165) is 11.1 Å². The number of para-hydroxylation sites is 2. The van der Waals surface area contributed by atoms with Gasteiger partial charge in [0.15, 0.2) is 6.61 Å². The molecule has 5 heteroatoms. The standard InChI is InChI=1S/C24H24N2O3/c1-17-11-13-19(14-12-17)15-25-24(28)20-8-4-5-9-21(20)26-23(27)16-29-22-10-6-3-7-18(22)2/h3-14H,15-16H2,1-2H3,(H,25,28)(H,26,27). The van der Waals surface area contributed by atoms with Crippen molar-refractivity contribution in [2.75, 3.05) is 11.9 Å². The van der Waals surface area contributed by atoms with E-state index in [2.05, 4.69) is 10.6 Å². The zero-order valence-electron chi connectivity index (χ0n) is 16.6. The molecule has 2 amide bonds. The van der Waals surface area contributed by atoms with Crippen LogP contribution in [-0.4, -0.2) is 18.4 Å². The van der Waals surface area contributed by atoms with Crippen LogP contribution < -0.4 is 15.4 Å². The summed E-state index contributed by atoms with van der Waals surface area (Å²) in [7, 11) is 0. The summed E-state index contributed by atoms with van der Waals surface area (Å²) in [6.07, 6.45) is 0. The lowest BCUT2D eigenvalue weighted by molar-refractivity contribution is -0.118. The number of anilines is 1. The van der Waals surface area contributed by atoms with Crippen molar-refractivity contribution >= 4 is 17.5 Å². The highest BCUT2D eigenvalue weighted by Gasteiger charge is 2.13. The van der Waals surface area contributed by atoms with Gasteiger partial charge >= 0.3 is 0 Å². The van der Waals surface area contributed by atoms with Gasteiger partial charge in [-0.15, -0.1) is 0 Å². The fraction of sp³-hybridized carbons (Fsp3) is 0.167. The summed E-state index contributed by atoms with van der Waals surface area (Å²) in [5.74, 6) is 0.0834. The average molecular weight is 388 g/mol. The Morgan fingerprint density at radius 1 is 0.862 bits per heavy atom. The van der Waals surface area contributed by atoms with E-state index in [1.165, 1.54) is 5.56 Å². The van der Waals surface area contributed by atoms with Gasteiger partial charge in [-0.2, -0.15) is 0 Å². The van der Waals surface area contributed by atoms with E-state index < -0.39 is 0 Å². The van der Waals surface area contributed by atoms with E-state index in [0.29, 0.717) is 23.5 Å². The van der Waals surface area contributed by atoms with E-state index in [1.54, 1.807) is 24.3 Å². The zero-order valence-corrected chi connectivity index (χ0v) is 16.6. The second kappa shape index (κ2) is 9.55. The van der Waals surface area contributed by atoms with E-state index >= 15 is 0 Å². The molecule has 0 aromatic heterocycles. The zero-order chi connectivity index (χ0) is 20.6. The van der Waals surface area contributed by atoms with Crippen LogP contribution in [0, 0.1) is 13.8 Å². The molecule has 5 nitrogen and oxygen atoms in total. The van der Waals surface area contributed by atoms with Crippen LogP contribution in [0.25, 0.3) is 0 Å². The van der Waals surface area contributed by atoms with Crippen molar-refractivity contribution in [1.82, 2.24) is 5.32 Å². The Kier molecular flexibility index (Phi) is 6.63. The maximum absolute atomic E-state index is 12.6. The first-order chi connectivity index (χ1) is 14.0. The van der Waals surface area contributed by atoms with Crippen molar-refractivity contribution in [3.8, 4) is 5.75 Å². The molecule has 0 radical (unpaired) electrons. The first kappa shape index (κ1) is 20.1. The number of hydrogen-bond acceptors (Lipinski definition) is 3. The molecule has 0 spiro atoms. The summed E-state index contributed by atoms with van der Waals surface area (Å²) in [5.41, 5.74) is 3.99. The molecular weight excluding hydrogens is 364 g/mol. The van der Waals surface area contributed by atoms with Crippen molar-refractivity contribution in [1.29, 1.82) is 0 Å². The Balaban J connectivity index is 1.60. The molecule has 0 aliphatic rings. The number of carbonyl (C=O) groups excluding carboxylic acids is 2. The number of aryl methyl sites for hydroxylation is 2. The maximum atomic E-state index is 12.6. The summed E-state index contributed by atoms with van der Waals surface area (Å²) in [6.45, 7) is 4.22. The van der Waals surface area contributed by atoms with Crippen LogP contribution in [0.4, 0.5) is 5.69 Å². The van der Waals surface area contributed by atoms with Crippen molar-refractivity contribution in [2.24, 2.45) is 0 Å². The Morgan fingerprint density at radius 3 is 2.31 bits per heavy atom. The lowest BCUT2D eigenvalue weighted by Crippen LogP contribution is -2.26. The van der Waals surface area contributed by atoms with Gasteiger partial charge in [0.05, 0.1) is 11.3 Å². The van der Waals surface area contributed by atoms with E-state index in [9.17, 15) is 9.59 Å². The van der Waals surface area contributed by atoms with Gasteiger partial charge in [-0.3, -0.25) is 9.59 Å². The SMILES string of the molecule is Cc1ccc(CNC(=O)c2ccccc2NC(=O)COc2ccccc2C)cc1. The van der Waals surface area contributed by atoms with Gasteiger partial charge in [0, 0.05) is 6.54 Å². The molecule has 0 fully saturated rings. The number of ether oxygens (including phenoxy) is 1. The second-order valence-corrected chi connectivity index (χ2v) is 6.82. The lowest BCUT2D eigenvalue weighted by atomic mass is 10.1. The summed E-state index contributed by atoms with van der Waals surface area (Å²) < 4.78 is 5.57. The summed E-state index contributed by atoms with van der Waals surface area (Å²) in [6, 6.07) is 22.4. The predicted molar refractivity (Wildman–Crippen MR) is 114 cm³/mol. The molecule has 29 heavy (non-hydrogen) atoms. The van der Waals surface area contributed by atoms with E-state index in [-0.39, 0.29) is 18.4 Å². The highest BCUT2D eigenvalue weighted by Crippen LogP contribution is 2.18. The average Bonchev–Trinajstić information content (AvgIpc) is 2.73. The Morgan fingerprint density at radius 2 is 1.55 bits per heavy atom. The fourth-order valence-electron chi connectivity index (χ4n) is 2.82. The quantitative estimate of drug-likeness (QED) is 0.636. The monoisotopic (exact) mass is 388 g/mol. The number of benzene rings is 3. The number of nitrogens with one attached hydrogen (secondary N) is 2. The Labute approximate surface area is 170 Å². The van der Waals surface area contributed by atoms with E-state index in [4.69, 9.17) is 4.74 Å². The van der Waals surface area contributed by atoms with Crippen molar-refractivity contribution < 1.29 is 14.3 Å². The molecular formula is C24H24N2O3. The number of amides is 2. The normalized spacial score (nSPS) is 10.3. The smallest absolute Gasteiger partial charge is 0.262 e. The molecule has 0 atom stereocenters. The summed E-state index contributed by atoms with van der Waals surface area (Å²) in [4.78, 5) is 24.9. The molecule has 148 valence electrons. The molecule has 2 N–H and O–H groups in total. The van der Waals surface area contributed by atoms with Crippen LogP contribution >= 0.6 is 0 Å². The number of rotatable bonds is 7. The number of carbonyl (C=O) groups is 2. The predicted octanol–water partition coefficient (Wildman–Crippen LogP) is 4.25. The van der Waals surface area contributed by atoms with Crippen LogP contribution in [0.1, 0.15) is 27.0 Å². The molecule has 3 rings (SSSR count). The number of hydrogen-bond donors (Lipinski definition) is 2. The summed E-state index contributed by atoms with van der Waals surface area (Å²) >= 11 is 0. The third-order valence-electron chi connectivity index (χ3n) is 4.47. The second-order valence-electron chi connectivity index (χ2n) is 6.82. The minimum absolute atomic E-state index is 0.135. The first-order valence-corrected chi connectivity index (χ1v) is 9.44. The largest absolute Gasteiger partial charge is 0.483 e. The van der Waals surface area contributed by atoms with Crippen molar-refractivity contribution in [2.45, 2.75) is 20.4 Å². The molecule has 0 saturated heterocycles. The van der Waals surface area contributed by atoms with Gasteiger partial charge in [0.25, 0.3) is 11.8 Å². The molecule has 0 unspecified atom stereocenters. The van der Waals surface area contributed by atoms with Gasteiger partial charge in [0.2, 0.25) is 0 Å². The van der Waals surface area contributed by atoms with Gasteiger partial charge in [0.1, 0.15) is 5.75 Å². The van der Waals surface area contributed by atoms with Gasteiger partial charge in [-0.25, -0.2) is 0 Å². The third kappa shape index (κ3) is 5.69. The van der Waals surface area contributed by atoms with Gasteiger partial charge < -0.3 is 15.4 Å². The van der Waals surface area contributed by atoms with Gasteiger partial charge in [-0.1, -0.05) is 60.2 Å². The maximum Gasteiger partial charge on any atom is 0.262 e. The minimum Gasteiger partial charge on any atom is -0.483 e. The van der Waals surface area contributed by atoms with Crippen LogP contribution in [0.5, 0.6) is 5.75 Å². The molecule has 3 aromatic carbocycles. The van der Waals surface area contributed by atoms with Crippen LogP contribution in [0.15, 0.2) is 72.8 Å². The Hall–Kier alpha value is -3.60. The highest BCUT2D eigenvalue weighted by atomic mass is 16.5. The van der Waals surface area contributed by atoms with E-state index in [1.807, 2.05) is 62.4 Å². The topological polar surface area (TPSA) is 67.4 Å². The molecule has 0 bridgehead atoms. The van der Waals surface area contributed by atoms with Crippen LogP contribution in [0.2, 0.25) is 0 Å². The first-order valence-electron chi connectivity index (χ1n) is 9.44.